The van der Waals surface area contributed by atoms with Crippen molar-refractivity contribution in [2.45, 2.75) is 49.6 Å². The maximum atomic E-state index is 12.9. The average Bonchev–Trinajstić information content (AvgIpc) is 3.60. The van der Waals surface area contributed by atoms with Gasteiger partial charge in [0.25, 0.3) is 5.56 Å². The Morgan fingerprint density at radius 2 is 1.78 bits per heavy atom. The summed E-state index contributed by atoms with van der Waals surface area (Å²) >= 11 is 1.51. The molecule has 6 rings (SSSR count). The van der Waals surface area contributed by atoms with Gasteiger partial charge in [0, 0.05) is 18.0 Å². The summed E-state index contributed by atoms with van der Waals surface area (Å²) in [5.74, 6) is 1.93. The van der Waals surface area contributed by atoms with Gasteiger partial charge < -0.3 is 4.57 Å². The molecular weight excluding hydrogens is 472 g/mol. The van der Waals surface area contributed by atoms with E-state index in [1.54, 1.807) is 0 Å². The van der Waals surface area contributed by atoms with Crippen molar-refractivity contribution in [1.82, 2.24) is 40.4 Å². The van der Waals surface area contributed by atoms with E-state index in [-0.39, 0.29) is 5.56 Å². The zero-order valence-electron chi connectivity index (χ0n) is 19.9. The molecule has 1 aliphatic carbocycles. The molecule has 182 valence electrons. The predicted octanol–water partition coefficient (Wildman–Crippen LogP) is 4.78. The maximum absolute atomic E-state index is 12.9. The summed E-state index contributed by atoms with van der Waals surface area (Å²) in [6, 6.07) is 16.5. The molecule has 0 aliphatic heterocycles. The van der Waals surface area contributed by atoms with E-state index in [1.807, 2.05) is 24.5 Å². The lowest BCUT2D eigenvalue weighted by molar-refractivity contribution is 0.420. The molecule has 1 fully saturated rings. The Morgan fingerprint density at radius 3 is 2.50 bits per heavy atom. The molecule has 10 heteroatoms. The summed E-state index contributed by atoms with van der Waals surface area (Å²) in [5, 5.41) is 22.2. The van der Waals surface area contributed by atoms with E-state index in [9.17, 15) is 4.79 Å². The third-order valence-corrected chi connectivity index (χ3v) is 7.63. The first-order valence-electron chi connectivity index (χ1n) is 12.2. The van der Waals surface area contributed by atoms with Crippen LogP contribution in [0.5, 0.6) is 0 Å². The highest BCUT2D eigenvalue weighted by atomic mass is 32.2. The molecule has 0 spiro atoms. The van der Waals surface area contributed by atoms with Gasteiger partial charge in [-0.2, -0.15) is 10.3 Å². The quantitative estimate of drug-likeness (QED) is 0.323. The third-order valence-electron chi connectivity index (χ3n) is 6.96. The van der Waals surface area contributed by atoms with Crippen LogP contribution in [0, 0.1) is 0 Å². The number of nitrogens with one attached hydrogen (secondary N) is 2. The number of fused-ring (bicyclic) bond motifs is 1. The summed E-state index contributed by atoms with van der Waals surface area (Å²) in [6.45, 7) is 0.579. The molecule has 1 aliphatic rings. The standard InChI is InChI=1S/C26H26N8OS/c1-36-26-21-22(25(35)30-31-26)34(24(27-21)18-7-3-2-4-8-18)15-16-11-13-17(14-12-16)19-9-5-6-10-20(19)23-28-32-33-29-23/h5-6,9-14,18H,2-4,7-8,15H2,1H3,(H,30,35)(H,28,29,32,33). The molecule has 2 N–H and O–H groups in total. The number of H-pyrrole nitrogens is 2. The second kappa shape index (κ2) is 9.69. The summed E-state index contributed by atoms with van der Waals surface area (Å²) in [5.41, 5.74) is 5.25. The van der Waals surface area contributed by atoms with Gasteiger partial charge in [0.05, 0.1) is 0 Å². The largest absolute Gasteiger partial charge is 0.319 e. The highest BCUT2D eigenvalue weighted by molar-refractivity contribution is 7.98. The first-order chi connectivity index (χ1) is 17.7. The summed E-state index contributed by atoms with van der Waals surface area (Å²) < 4.78 is 2.12. The number of hydrogen-bond acceptors (Lipinski definition) is 7. The van der Waals surface area contributed by atoms with Crippen LogP contribution < -0.4 is 5.56 Å². The van der Waals surface area contributed by atoms with Crippen molar-refractivity contribution in [3.8, 4) is 22.5 Å². The minimum Gasteiger partial charge on any atom is -0.319 e. The van der Waals surface area contributed by atoms with Crippen LogP contribution in [0.15, 0.2) is 58.4 Å². The molecule has 0 radical (unpaired) electrons. The van der Waals surface area contributed by atoms with Gasteiger partial charge in [-0.3, -0.25) is 4.79 Å². The molecule has 0 saturated heterocycles. The number of rotatable bonds is 6. The molecule has 3 heterocycles. The second-order valence-electron chi connectivity index (χ2n) is 9.13. The van der Waals surface area contributed by atoms with Gasteiger partial charge in [-0.1, -0.05) is 67.8 Å². The number of hydrogen-bond donors (Lipinski definition) is 2. The van der Waals surface area contributed by atoms with Crippen LogP contribution in [0.3, 0.4) is 0 Å². The number of benzene rings is 2. The van der Waals surface area contributed by atoms with Crippen molar-refractivity contribution in [1.29, 1.82) is 0 Å². The van der Waals surface area contributed by atoms with E-state index in [0.717, 1.165) is 45.9 Å². The van der Waals surface area contributed by atoms with Gasteiger partial charge in [0.2, 0.25) is 5.82 Å². The van der Waals surface area contributed by atoms with E-state index < -0.39 is 0 Å². The molecule has 2 aromatic carbocycles. The first-order valence-corrected chi connectivity index (χ1v) is 13.4. The predicted molar refractivity (Wildman–Crippen MR) is 140 cm³/mol. The topological polar surface area (TPSA) is 118 Å². The number of thioether (sulfide) groups is 1. The van der Waals surface area contributed by atoms with Crippen LogP contribution in [-0.4, -0.2) is 46.6 Å². The highest BCUT2D eigenvalue weighted by Gasteiger charge is 2.25. The Kier molecular flexibility index (Phi) is 6.10. The van der Waals surface area contributed by atoms with Crippen molar-refractivity contribution in [2.24, 2.45) is 0 Å². The molecule has 1 saturated carbocycles. The van der Waals surface area contributed by atoms with Crippen LogP contribution in [0.4, 0.5) is 0 Å². The third kappa shape index (κ3) is 4.11. The lowest BCUT2D eigenvalue weighted by Gasteiger charge is -2.22. The van der Waals surface area contributed by atoms with Gasteiger partial charge in [-0.15, -0.1) is 22.0 Å². The SMILES string of the molecule is CSc1n[nH]c(=O)c2c1nc(C1CCCCC1)n2Cc1ccc(-c2ccccc2-c2nn[nH]n2)cc1. The van der Waals surface area contributed by atoms with Crippen LogP contribution in [-0.2, 0) is 6.54 Å². The molecule has 0 bridgehead atoms. The molecule has 9 nitrogen and oxygen atoms in total. The highest BCUT2D eigenvalue weighted by Crippen LogP contribution is 2.35. The number of tetrazole rings is 1. The monoisotopic (exact) mass is 498 g/mol. The molecule has 3 aromatic heterocycles. The second-order valence-corrected chi connectivity index (χ2v) is 9.92. The molecule has 0 atom stereocenters. The maximum Gasteiger partial charge on any atom is 0.290 e. The Labute approximate surface area is 211 Å². The Bertz CT molecular complexity index is 1550. The van der Waals surface area contributed by atoms with Crippen LogP contribution >= 0.6 is 11.8 Å². The van der Waals surface area contributed by atoms with Crippen LogP contribution in [0.1, 0.15) is 49.4 Å². The number of nitrogens with zero attached hydrogens (tertiary/aromatic N) is 6. The van der Waals surface area contributed by atoms with Gasteiger partial charge in [-0.05, 0) is 41.0 Å². The fourth-order valence-corrected chi connectivity index (χ4v) is 5.68. The summed E-state index contributed by atoms with van der Waals surface area (Å²) in [6.07, 6.45) is 7.84. The minimum atomic E-state index is -0.192. The molecular formula is C26H26N8OS. The lowest BCUT2D eigenvalue weighted by Crippen LogP contribution is -2.17. The summed E-state index contributed by atoms with van der Waals surface area (Å²) in [7, 11) is 0. The van der Waals surface area contributed by atoms with Gasteiger partial charge in [0.1, 0.15) is 21.9 Å². The molecule has 36 heavy (non-hydrogen) atoms. The zero-order chi connectivity index (χ0) is 24.5. The fourth-order valence-electron chi connectivity index (χ4n) is 5.21. The average molecular weight is 499 g/mol. The number of aromatic nitrogens is 8. The smallest absolute Gasteiger partial charge is 0.290 e. The van der Waals surface area contributed by atoms with Gasteiger partial charge in [-0.25, -0.2) is 10.1 Å². The van der Waals surface area contributed by atoms with Crippen LogP contribution in [0.2, 0.25) is 0 Å². The van der Waals surface area contributed by atoms with Crippen molar-refractivity contribution < 1.29 is 0 Å². The van der Waals surface area contributed by atoms with Crippen LogP contribution in [0.25, 0.3) is 33.5 Å². The van der Waals surface area contributed by atoms with E-state index in [0.29, 0.717) is 29.3 Å². The van der Waals surface area contributed by atoms with Crippen molar-refractivity contribution in [3.05, 3.63) is 70.3 Å². The van der Waals surface area contributed by atoms with E-state index in [1.165, 1.54) is 31.0 Å². The fraction of sp³-hybridized carbons (Fsp3) is 0.308. The van der Waals surface area contributed by atoms with Gasteiger partial charge in [0.15, 0.2) is 0 Å². The Morgan fingerprint density at radius 1 is 1.00 bits per heavy atom. The Hall–Kier alpha value is -3.79. The Balaban J connectivity index is 1.39. The van der Waals surface area contributed by atoms with Gasteiger partial charge >= 0.3 is 0 Å². The molecule has 5 aromatic rings. The first kappa shape index (κ1) is 22.7. The lowest BCUT2D eigenvalue weighted by atomic mass is 9.88. The van der Waals surface area contributed by atoms with Crippen molar-refractivity contribution >= 4 is 22.8 Å². The zero-order valence-corrected chi connectivity index (χ0v) is 20.8. The van der Waals surface area contributed by atoms with E-state index >= 15 is 0 Å². The van der Waals surface area contributed by atoms with Crippen molar-refractivity contribution in [3.63, 3.8) is 0 Å². The normalized spacial score (nSPS) is 14.5. The number of aromatic amines is 2. The van der Waals surface area contributed by atoms with E-state index in [2.05, 4.69) is 65.7 Å². The molecule has 0 amide bonds. The van der Waals surface area contributed by atoms with Crippen molar-refractivity contribution in [2.75, 3.05) is 6.26 Å². The number of imidazole rings is 1. The molecule has 0 unspecified atom stereocenters. The summed E-state index contributed by atoms with van der Waals surface area (Å²) in [4.78, 5) is 17.9. The van der Waals surface area contributed by atoms with E-state index in [4.69, 9.17) is 4.98 Å². The minimum absolute atomic E-state index is 0.192.